The van der Waals surface area contributed by atoms with Crippen LogP contribution < -0.4 is 5.32 Å². The molecular weight excluding hydrogens is 222 g/mol. The van der Waals surface area contributed by atoms with Crippen molar-refractivity contribution in [1.29, 1.82) is 0 Å². The van der Waals surface area contributed by atoms with Crippen LogP contribution >= 0.6 is 0 Å². The van der Waals surface area contributed by atoms with Crippen molar-refractivity contribution in [2.75, 3.05) is 5.32 Å². The van der Waals surface area contributed by atoms with E-state index in [9.17, 15) is 0 Å². The molecule has 2 aromatic rings. The lowest BCUT2D eigenvalue weighted by Crippen LogP contribution is -2.32. The molecule has 0 amide bonds. The summed E-state index contributed by atoms with van der Waals surface area (Å²) in [6.07, 6.45) is 10.1. The van der Waals surface area contributed by atoms with E-state index in [-0.39, 0.29) is 5.54 Å². The molecule has 1 aromatic heterocycles. The summed E-state index contributed by atoms with van der Waals surface area (Å²) in [6.45, 7) is 0. The Morgan fingerprint density at radius 1 is 0.944 bits per heavy atom. The van der Waals surface area contributed by atoms with Crippen molar-refractivity contribution >= 4 is 5.69 Å². The molecule has 0 radical (unpaired) electrons. The minimum Gasteiger partial charge on any atom is -0.373 e. The number of benzene rings is 1. The molecule has 0 aliphatic heterocycles. The van der Waals surface area contributed by atoms with Gasteiger partial charge in [-0.25, -0.2) is 9.97 Å². The van der Waals surface area contributed by atoms with E-state index in [4.69, 9.17) is 0 Å². The van der Waals surface area contributed by atoms with E-state index in [1.807, 2.05) is 12.4 Å². The van der Waals surface area contributed by atoms with Crippen molar-refractivity contribution in [2.24, 2.45) is 0 Å². The van der Waals surface area contributed by atoms with Crippen molar-refractivity contribution in [2.45, 2.75) is 31.2 Å². The maximum absolute atomic E-state index is 4.08. The topological polar surface area (TPSA) is 37.8 Å². The van der Waals surface area contributed by atoms with Crippen LogP contribution in [0.2, 0.25) is 0 Å². The molecule has 1 saturated carbocycles. The van der Waals surface area contributed by atoms with Gasteiger partial charge in [-0.15, -0.1) is 0 Å². The number of rotatable bonds is 3. The Hall–Kier alpha value is -1.90. The van der Waals surface area contributed by atoms with Crippen LogP contribution in [0.5, 0.6) is 0 Å². The van der Waals surface area contributed by atoms with Crippen LogP contribution in [0.25, 0.3) is 0 Å². The highest BCUT2D eigenvalue weighted by Crippen LogP contribution is 2.41. The zero-order valence-electron chi connectivity index (χ0n) is 10.3. The first-order valence-electron chi connectivity index (χ1n) is 6.48. The Morgan fingerprint density at radius 2 is 1.61 bits per heavy atom. The van der Waals surface area contributed by atoms with Gasteiger partial charge in [0.15, 0.2) is 0 Å². The molecule has 3 nitrogen and oxygen atoms in total. The molecule has 0 bridgehead atoms. The normalized spacial score (nSPS) is 17.6. The van der Waals surface area contributed by atoms with Gasteiger partial charge < -0.3 is 5.32 Å². The molecule has 3 heteroatoms. The number of nitrogens with one attached hydrogen (secondary N) is 1. The van der Waals surface area contributed by atoms with Gasteiger partial charge >= 0.3 is 0 Å². The molecule has 0 saturated heterocycles. The largest absolute Gasteiger partial charge is 0.373 e. The van der Waals surface area contributed by atoms with E-state index in [0.717, 1.165) is 5.69 Å². The number of nitrogens with zero attached hydrogens (tertiary/aromatic N) is 2. The van der Waals surface area contributed by atoms with Gasteiger partial charge in [0.25, 0.3) is 0 Å². The van der Waals surface area contributed by atoms with E-state index in [1.165, 1.54) is 31.2 Å². The molecule has 0 spiro atoms. The van der Waals surface area contributed by atoms with Crippen LogP contribution in [0.3, 0.4) is 0 Å². The Balaban J connectivity index is 1.93. The Bertz CT molecular complexity index is 490. The molecule has 1 aliphatic rings. The van der Waals surface area contributed by atoms with Gasteiger partial charge in [0.05, 0.1) is 23.6 Å². The highest BCUT2D eigenvalue weighted by molar-refractivity contribution is 5.45. The summed E-state index contributed by atoms with van der Waals surface area (Å²) in [7, 11) is 0. The molecule has 0 atom stereocenters. The Kier molecular flexibility index (Phi) is 2.97. The Labute approximate surface area is 107 Å². The summed E-state index contributed by atoms with van der Waals surface area (Å²) in [4.78, 5) is 8.16. The molecular formula is C15H17N3. The number of hydrogen-bond donors (Lipinski definition) is 1. The quantitative estimate of drug-likeness (QED) is 0.892. The lowest BCUT2D eigenvalue weighted by atomic mass is 9.88. The average molecular weight is 239 g/mol. The standard InChI is InChI=1S/C15H17N3/c1-2-6-13(7-3-1)15(8-4-5-9-15)18-14-10-16-12-17-11-14/h1-3,6-7,10-12,18H,4-5,8-9H2. The van der Waals surface area contributed by atoms with Gasteiger partial charge in [-0.1, -0.05) is 43.2 Å². The van der Waals surface area contributed by atoms with Crippen LogP contribution in [0.1, 0.15) is 31.2 Å². The first kappa shape index (κ1) is 11.2. The predicted molar refractivity (Wildman–Crippen MR) is 72.2 cm³/mol. The van der Waals surface area contributed by atoms with E-state index < -0.39 is 0 Å². The number of hydrogen-bond acceptors (Lipinski definition) is 3. The van der Waals surface area contributed by atoms with Crippen LogP contribution in [0, 0.1) is 0 Å². The lowest BCUT2D eigenvalue weighted by molar-refractivity contribution is 0.508. The van der Waals surface area contributed by atoms with Crippen molar-refractivity contribution < 1.29 is 0 Å². The van der Waals surface area contributed by atoms with Crippen molar-refractivity contribution in [3.05, 3.63) is 54.6 Å². The van der Waals surface area contributed by atoms with Crippen molar-refractivity contribution in [1.82, 2.24) is 9.97 Å². The van der Waals surface area contributed by atoms with Crippen LogP contribution in [0.15, 0.2) is 49.1 Å². The molecule has 1 heterocycles. The minimum atomic E-state index is 0.0615. The van der Waals surface area contributed by atoms with Gasteiger partial charge in [-0.3, -0.25) is 0 Å². The Morgan fingerprint density at radius 3 is 2.28 bits per heavy atom. The van der Waals surface area contributed by atoms with Gasteiger partial charge in [0.2, 0.25) is 0 Å². The van der Waals surface area contributed by atoms with E-state index in [2.05, 4.69) is 45.6 Å². The lowest BCUT2D eigenvalue weighted by Gasteiger charge is -2.32. The van der Waals surface area contributed by atoms with Gasteiger partial charge in [0.1, 0.15) is 6.33 Å². The summed E-state index contributed by atoms with van der Waals surface area (Å²) in [5.41, 5.74) is 2.43. The van der Waals surface area contributed by atoms with Gasteiger partial charge in [-0.05, 0) is 18.4 Å². The van der Waals surface area contributed by atoms with E-state index in [1.54, 1.807) is 6.33 Å². The second-order valence-corrected chi connectivity index (χ2v) is 4.91. The number of anilines is 1. The first-order valence-corrected chi connectivity index (χ1v) is 6.48. The maximum Gasteiger partial charge on any atom is 0.115 e. The smallest absolute Gasteiger partial charge is 0.115 e. The summed E-state index contributed by atoms with van der Waals surface area (Å²) in [6, 6.07) is 10.7. The molecule has 1 fully saturated rings. The second-order valence-electron chi connectivity index (χ2n) is 4.91. The van der Waals surface area contributed by atoms with Crippen LogP contribution in [-0.4, -0.2) is 9.97 Å². The number of aromatic nitrogens is 2. The van der Waals surface area contributed by atoms with E-state index >= 15 is 0 Å². The monoisotopic (exact) mass is 239 g/mol. The van der Waals surface area contributed by atoms with Crippen LogP contribution in [-0.2, 0) is 5.54 Å². The molecule has 1 N–H and O–H groups in total. The first-order chi connectivity index (χ1) is 8.89. The molecule has 0 unspecified atom stereocenters. The summed E-state index contributed by atoms with van der Waals surface area (Å²) in [5, 5.41) is 3.65. The third-order valence-electron chi connectivity index (χ3n) is 3.73. The third kappa shape index (κ3) is 2.08. The van der Waals surface area contributed by atoms with E-state index in [0.29, 0.717) is 0 Å². The van der Waals surface area contributed by atoms with Gasteiger partial charge in [-0.2, -0.15) is 0 Å². The minimum absolute atomic E-state index is 0.0615. The van der Waals surface area contributed by atoms with Crippen molar-refractivity contribution in [3.63, 3.8) is 0 Å². The van der Waals surface area contributed by atoms with Crippen molar-refractivity contribution in [3.8, 4) is 0 Å². The highest BCUT2D eigenvalue weighted by Gasteiger charge is 2.35. The zero-order chi connectivity index (χ0) is 12.3. The fourth-order valence-corrected chi connectivity index (χ4v) is 2.86. The maximum atomic E-state index is 4.08. The fraction of sp³-hybridized carbons (Fsp3) is 0.333. The molecule has 18 heavy (non-hydrogen) atoms. The third-order valence-corrected chi connectivity index (χ3v) is 3.73. The highest BCUT2D eigenvalue weighted by atomic mass is 15.0. The zero-order valence-corrected chi connectivity index (χ0v) is 10.3. The molecule has 92 valence electrons. The fourth-order valence-electron chi connectivity index (χ4n) is 2.86. The average Bonchev–Trinajstić information content (AvgIpc) is 2.91. The van der Waals surface area contributed by atoms with Gasteiger partial charge in [0, 0.05) is 0 Å². The predicted octanol–water partition coefficient (Wildman–Crippen LogP) is 3.36. The second kappa shape index (κ2) is 4.77. The summed E-state index contributed by atoms with van der Waals surface area (Å²) in [5.74, 6) is 0. The molecule has 1 aromatic carbocycles. The summed E-state index contributed by atoms with van der Waals surface area (Å²) >= 11 is 0. The molecule has 3 rings (SSSR count). The summed E-state index contributed by atoms with van der Waals surface area (Å²) < 4.78 is 0. The SMILES string of the molecule is c1ccc(C2(Nc3cncnc3)CCCC2)cc1. The molecule has 1 aliphatic carbocycles. The van der Waals surface area contributed by atoms with Crippen LogP contribution in [0.4, 0.5) is 5.69 Å².